The van der Waals surface area contributed by atoms with Gasteiger partial charge in [-0.3, -0.25) is 14.5 Å². The summed E-state index contributed by atoms with van der Waals surface area (Å²) >= 11 is 0. The lowest BCUT2D eigenvalue weighted by atomic mass is 9.93. The zero-order valence-electron chi connectivity index (χ0n) is 17.4. The van der Waals surface area contributed by atoms with Gasteiger partial charge in [0, 0.05) is 19.9 Å². The van der Waals surface area contributed by atoms with E-state index in [4.69, 9.17) is 14.2 Å². The van der Waals surface area contributed by atoms with E-state index in [0.29, 0.717) is 0 Å². The standard InChI is InChI=1S/C18H30N2O8/c1-10(21)19-13-12(26-16(25)28-18(5,6)7)8-11(14(22)23)9-20(13)15(24)27-17(2,3)4/h11-13H,8-9H2,1-7H3,(H,19,21)(H,22,23)/t11-,12+,13+/m1/s1. The molecule has 10 heteroatoms. The highest BCUT2D eigenvalue weighted by molar-refractivity contribution is 5.77. The first-order valence-electron chi connectivity index (χ1n) is 8.98. The van der Waals surface area contributed by atoms with Crippen molar-refractivity contribution < 1.29 is 38.5 Å². The molecule has 1 aliphatic heterocycles. The van der Waals surface area contributed by atoms with Gasteiger partial charge in [0.1, 0.15) is 23.5 Å². The number of carboxylic acid groups (broad SMARTS) is 1. The minimum atomic E-state index is -1.16. The maximum absolute atomic E-state index is 12.6. The molecule has 1 heterocycles. The van der Waals surface area contributed by atoms with E-state index < -0.39 is 53.5 Å². The Bertz CT molecular complexity index is 620. The van der Waals surface area contributed by atoms with Gasteiger partial charge in [0.2, 0.25) is 5.91 Å². The van der Waals surface area contributed by atoms with E-state index in [1.54, 1.807) is 41.5 Å². The summed E-state index contributed by atoms with van der Waals surface area (Å²) in [6.45, 7) is 10.9. The number of piperidine rings is 1. The van der Waals surface area contributed by atoms with E-state index in [1.165, 1.54) is 6.92 Å². The smallest absolute Gasteiger partial charge is 0.481 e. The summed E-state index contributed by atoms with van der Waals surface area (Å²) in [6.07, 6.45) is -4.16. The van der Waals surface area contributed by atoms with Gasteiger partial charge >= 0.3 is 18.2 Å². The molecule has 1 saturated heterocycles. The fourth-order valence-corrected chi connectivity index (χ4v) is 2.61. The summed E-state index contributed by atoms with van der Waals surface area (Å²) in [5.74, 6) is -2.65. The van der Waals surface area contributed by atoms with Gasteiger partial charge in [0.05, 0.1) is 5.92 Å². The van der Waals surface area contributed by atoms with Crippen molar-refractivity contribution in [2.45, 2.75) is 78.4 Å². The van der Waals surface area contributed by atoms with Gasteiger partial charge in [-0.05, 0) is 41.5 Å². The molecule has 0 bridgehead atoms. The molecule has 0 radical (unpaired) electrons. The molecule has 0 aromatic rings. The Labute approximate surface area is 164 Å². The highest BCUT2D eigenvalue weighted by atomic mass is 16.7. The van der Waals surface area contributed by atoms with Crippen LogP contribution in [0, 0.1) is 5.92 Å². The SMILES string of the molecule is CC(=O)N[C@@H]1[C@@H](OC(=O)OC(C)(C)C)C[C@@H](C(=O)O)CN1C(=O)OC(C)(C)C. The largest absolute Gasteiger partial charge is 0.509 e. The third-order valence-electron chi connectivity index (χ3n) is 3.59. The average molecular weight is 402 g/mol. The molecule has 2 N–H and O–H groups in total. The number of hydrogen-bond acceptors (Lipinski definition) is 7. The van der Waals surface area contributed by atoms with Crippen LogP contribution in [0.3, 0.4) is 0 Å². The molecule has 0 saturated carbocycles. The van der Waals surface area contributed by atoms with Crippen molar-refractivity contribution >= 4 is 24.1 Å². The van der Waals surface area contributed by atoms with Crippen molar-refractivity contribution in [2.75, 3.05) is 6.54 Å². The molecule has 0 aromatic heterocycles. The van der Waals surface area contributed by atoms with E-state index in [0.717, 1.165) is 4.90 Å². The van der Waals surface area contributed by atoms with Gasteiger partial charge in [0.15, 0.2) is 0 Å². The van der Waals surface area contributed by atoms with Crippen LogP contribution in [0.5, 0.6) is 0 Å². The fraction of sp³-hybridized carbons (Fsp3) is 0.778. The van der Waals surface area contributed by atoms with Crippen LogP contribution in [-0.4, -0.2) is 64.1 Å². The van der Waals surface area contributed by atoms with Gasteiger partial charge < -0.3 is 24.6 Å². The lowest BCUT2D eigenvalue weighted by molar-refractivity contribution is -0.149. The second-order valence-electron chi connectivity index (χ2n) is 8.67. The minimum absolute atomic E-state index is 0.0984. The molecule has 0 unspecified atom stereocenters. The van der Waals surface area contributed by atoms with E-state index >= 15 is 0 Å². The number of nitrogens with zero attached hydrogens (tertiary/aromatic N) is 1. The summed E-state index contributed by atoms with van der Waals surface area (Å²) < 4.78 is 15.7. The number of hydrogen-bond donors (Lipinski definition) is 2. The van der Waals surface area contributed by atoms with E-state index in [2.05, 4.69) is 5.32 Å². The number of rotatable bonds is 3. The summed E-state index contributed by atoms with van der Waals surface area (Å²) in [5, 5.41) is 12.0. The molecule has 10 nitrogen and oxygen atoms in total. The van der Waals surface area contributed by atoms with Crippen LogP contribution in [0.2, 0.25) is 0 Å². The number of carbonyl (C=O) groups excluding carboxylic acids is 3. The first kappa shape index (κ1) is 23.5. The zero-order valence-corrected chi connectivity index (χ0v) is 17.4. The molecule has 2 amide bonds. The average Bonchev–Trinajstić information content (AvgIpc) is 2.43. The van der Waals surface area contributed by atoms with E-state index in [-0.39, 0.29) is 13.0 Å². The first-order valence-corrected chi connectivity index (χ1v) is 8.98. The molecular weight excluding hydrogens is 372 g/mol. The van der Waals surface area contributed by atoms with E-state index in [1.807, 2.05) is 0 Å². The predicted molar refractivity (Wildman–Crippen MR) is 97.4 cm³/mol. The molecular formula is C18H30N2O8. The number of carboxylic acids is 1. The summed E-state index contributed by atoms with van der Waals surface area (Å²) in [5.41, 5.74) is -1.66. The monoisotopic (exact) mass is 402 g/mol. The van der Waals surface area contributed by atoms with Crippen molar-refractivity contribution in [2.24, 2.45) is 5.92 Å². The number of amides is 2. The van der Waals surface area contributed by atoms with Gasteiger partial charge in [-0.2, -0.15) is 0 Å². The second kappa shape index (κ2) is 8.66. The van der Waals surface area contributed by atoms with Crippen LogP contribution in [0.1, 0.15) is 54.9 Å². The van der Waals surface area contributed by atoms with Crippen molar-refractivity contribution in [3.05, 3.63) is 0 Å². The van der Waals surface area contributed by atoms with Crippen LogP contribution in [0.4, 0.5) is 9.59 Å². The highest BCUT2D eigenvalue weighted by Gasteiger charge is 2.45. The fourth-order valence-electron chi connectivity index (χ4n) is 2.61. The van der Waals surface area contributed by atoms with Gasteiger partial charge in [0.25, 0.3) is 0 Å². The Hall–Kier alpha value is -2.52. The van der Waals surface area contributed by atoms with Crippen molar-refractivity contribution in [3.63, 3.8) is 0 Å². The molecule has 160 valence electrons. The molecule has 1 rings (SSSR count). The Morgan fingerprint density at radius 1 is 1.00 bits per heavy atom. The summed E-state index contributed by atoms with van der Waals surface area (Å²) in [4.78, 5) is 49.0. The lowest BCUT2D eigenvalue weighted by Crippen LogP contribution is -2.63. The third-order valence-corrected chi connectivity index (χ3v) is 3.59. The third kappa shape index (κ3) is 7.61. The zero-order chi connectivity index (χ0) is 21.9. The topological polar surface area (TPSA) is 131 Å². The summed E-state index contributed by atoms with van der Waals surface area (Å²) in [7, 11) is 0. The van der Waals surface area contributed by atoms with Gasteiger partial charge in [-0.1, -0.05) is 0 Å². The van der Waals surface area contributed by atoms with Gasteiger partial charge in [-0.25, -0.2) is 9.59 Å². The second-order valence-corrected chi connectivity index (χ2v) is 8.67. The number of ether oxygens (including phenoxy) is 3. The Morgan fingerprint density at radius 2 is 1.54 bits per heavy atom. The van der Waals surface area contributed by atoms with Crippen molar-refractivity contribution in [1.29, 1.82) is 0 Å². The molecule has 0 aliphatic carbocycles. The van der Waals surface area contributed by atoms with Crippen molar-refractivity contribution in [3.8, 4) is 0 Å². The Kier molecular flexibility index (Phi) is 7.27. The predicted octanol–water partition coefficient (Wildman–Crippen LogP) is 2.11. The number of likely N-dealkylation sites (tertiary alicyclic amines) is 1. The van der Waals surface area contributed by atoms with E-state index in [9.17, 15) is 24.3 Å². The summed E-state index contributed by atoms with van der Waals surface area (Å²) in [6, 6.07) is 0. The molecule has 0 spiro atoms. The first-order chi connectivity index (χ1) is 12.6. The number of nitrogens with one attached hydrogen (secondary N) is 1. The molecule has 0 aromatic carbocycles. The molecule has 3 atom stereocenters. The Morgan fingerprint density at radius 3 is 1.96 bits per heavy atom. The van der Waals surface area contributed by atoms with Crippen molar-refractivity contribution in [1.82, 2.24) is 10.2 Å². The maximum Gasteiger partial charge on any atom is 0.509 e. The quantitative estimate of drug-likeness (QED) is 0.686. The van der Waals surface area contributed by atoms with Crippen LogP contribution in [-0.2, 0) is 23.8 Å². The molecule has 1 aliphatic rings. The molecule has 1 fully saturated rings. The van der Waals surface area contributed by atoms with Crippen LogP contribution >= 0.6 is 0 Å². The molecule has 28 heavy (non-hydrogen) atoms. The van der Waals surface area contributed by atoms with Crippen LogP contribution in [0.25, 0.3) is 0 Å². The Balaban J connectivity index is 3.16. The van der Waals surface area contributed by atoms with Crippen LogP contribution in [0.15, 0.2) is 0 Å². The number of aliphatic carboxylic acids is 1. The van der Waals surface area contributed by atoms with Crippen LogP contribution < -0.4 is 5.32 Å². The minimum Gasteiger partial charge on any atom is -0.481 e. The normalized spacial score (nSPS) is 22.8. The highest BCUT2D eigenvalue weighted by Crippen LogP contribution is 2.27. The number of carbonyl (C=O) groups is 4. The lowest BCUT2D eigenvalue weighted by Gasteiger charge is -2.42. The maximum atomic E-state index is 12.6. The van der Waals surface area contributed by atoms with Gasteiger partial charge in [-0.15, -0.1) is 0 Å².